The van der Waals surface area contributed by atoms with Gasteiger partial charge in [0.1, 0.15) is 0 Å². The summed E-state index contributed by atoms with van der Waals surface area (Å²) in [6, 6.07) is 5.33. The molecule has 0 fully saturated rings. The Balaban J connectivity index is 2.90. The molecule has 1 N–H and O–H groups in total. The van der Waals surface area contributed by atoms with Crippen LogP contribution in [0.15, 0.2) is 29.2 Å². The maximum absolute atomic E-state index is 12.0. The van der Waals surface area contributed by atoms with Crippen molar-refractivity contribution in [3.8, 4) is 0 Å². The van der Waals surface area contributed by atoms with Gasteiger partial charge >= 0.3 is 0 Å². The normalized spacial score (nSPS) is 12.4. The Kier molecular flexibility index (Phi) is 4.29. The number of rotatable bonds is 5. The van der Waals surface area contributed by atoms with Crippen molar-refractivity contribution in [3.05, 3.63) is 29.8 Å². The lowest BCUT2D eigenvalue weighted by Crippen LogP contribution is -2.16. The van der Waals surface area contributed by atoms with Crippen LogP contribution < -0.4 is 0 Å². The number of Topliss-reactive ketones (excluding diaryl/α,β-unsaturated/α-hetero) is 1. The van der Waals surface area contributed by atoms with Crippen molar-refractivity contribution < 1.29 is 17.8 Å². The minimum absolute atomic E-state index is 0.0243. The minimum atomic E-state index is -4.20. The first kappa shape index (κ1) is 14.9. The van der Waals surface area contributed by atoms with Crippen LogP contribution >= 0.6 is 0 Å². The van der Waals surface area contributed by atoms with Gasteiger partial charge in [0.15, 0.2) is 5.78 Å². The molecule has 0 aliphatic carbocycles. The fraction of sp³-hybridized carbons (Fsp3) is 0.462. The molecule has 1 aromatic carbocycles. The zero-order chi connectivity index (χ0) is 14.0. The second kappa shape index (κ2) is 5.20. The molecule has 0 bridgehead atoms. The van der Waals surface area contributed by atoms with Gasteiger partial charge < -0.3 is 0 Å². The number of carbonyl (C=O) groups excluding carboxylic acids is 1. The second-order valence-corrected chi connectivity index (χ2v) is 6.54. The van der Waals surface area contributed by atoms with Crippen LogP contribution in [0.5, 0.6) is 0 Å². The van der Waals surface area contributed by atoms with Gasteiger partial charge in [-0.15, -0.1) is 0 Å². The van der Waals surface area contributed by atoms with E-state index in [1.54, 1.807) is 0 Å². The quantitative estimate of drug-likeness (QED) is 0.659. The molecule has 0 aliphatic heterocycles. The SMILES string of the molecule is CCC(C)(C)CC(=O)c1ccc(S(=O)(=O)O)cc1. The Morgan fingerprint density at radius 3 is 2.11 bits per heavy atom. The van der Waals surface area contributed by atoms with Gasteiger partial charge in [0.25, 0.3) is 10.1 Å². The molecule has 0 unspecified atom stereocenters. The number of ketones is 1. The average Bonchev–Trinajstić information content (AvgIpc) is 2.27. The summed E-state index contributed by atoms with van der Waals surface area (Å²) in [4.78, 5) is 11.8. The predicted octanol–water partition coefficient (Wildman–Crippen LogP) is 2.94. The molecular formula is C13H18O4S. The first-order valence-corrected chi connectivity index (χ1v) is 7.20. The summed E-state index contributed by atoms with van der Waals surface area (Å²) in [6.45, 7) is 6.05. The first-order chi connectivity index (χ1) is 8.15. The van der Waals surface area contributed by atoms with E-state index in [2.05, 4.69) is 0 Å². The second-order valence-electron chi connectivity index (χ2n) is 5.12. The van der Waals surface area contributed by atoms with Crippen LogP contribution in [0.1, 0.15) is 44.0 Å². The molecule has 4 nitrogen and oxygen atoms in total. The number of hydrogen-bond donors (Lipinski definition) is 1. The maximum atomic E-state index is 12.0. The van der Waals surface area contributed by atoms with E-state index in [0.717, 1.165) is 6.42 Å². The molecule has 0 saturated carbocycles. The zero-order valence-electron chi connectivity index (χ0n) is 10.8. The molecule has 1 aromatic rings. The topological polar surface area (TPSA) is 71.4 Å². The van der Waals surface area contributed by atoms with Gasteiger partial charge in [-0.3, -0.25) is 9.35 Å². The smallest absolute Gasteiger partial charge is 0.294 e. The third-order valence-corrected chi connectivity index (χ3v) is 3.94. The highest BCUT2D eigenvalue weighted by molar-refractivity contribution is 7.85. The minimum Gasteiger partial charge on any atom is -0.294 e. The standard InChI is InChI=1S/C13H18O4S/c1-4-13(2,3)9-12(14)10-5-7-11(8-6-10)18(15,16)17/h5-8H,4,9H2,1-3H3,(H,15,16,17). The molecule has 0 aromatic heterocycles. The Bertz CT molecular complexity index is 527. The van der Waals surface area contributed by atoms with E-state index in [-0.39, 0.29) is 16.1 Å². The number of carbonyl (C=O) groups is 1. The van der Waals surface area contributed by atoms with Crippen molar-refractivity contribution in [2.45, 2.75) is 38.5 Å². The van der Waals surface area contributed by atoms with Gasteiger partial charge in [0.05, 0.1) is 4.90 Å². The van der Waals surface area contributed by atoms with Crippen molar-refractivity contribution >= 4 is 15.9 Å². The molecular weight excluding hydrogens is 252 g/mol. The van der Waals surface area contributed by atoms with Gasteiger partial charge in [-0.05, 0) is 17.5 Å². The zero-order valence-corrected chi connectivity index (χ0v) is 11.6. The van der Waals surface area contributed by atoms with Gasteiger partial charge in [0, 0.05) is 12.0 Å². The molecule has 100 valence electrons. The summed E-state index contributed by atoms with van der Waals surface area (Å²) in [5, 5.41) is 0. The van der Waals surface area contributed by atoms with E-state index in [1.807, 2.05) is 20.8 Å². The van der Waals surface area contributed by atoms with E-state index in [4.69, 9.17) is 4.55 Å². The largest absolute Gasteiger partial charge is 0.294 e. The molecule has 0 aliphatic rings. The van der Waals surface area contributed by atoms with Crippen molar-refractivity contribution in [2.24, 2.45) is 5.41 Å². The lowest BCUT2D eigenvalue weighted by Gasteiger charge is -2.21. The van der Waals surface area contributed by atoms with E-state index in [0.29, 0.717) is 12.0 Å². The van der Waals surface area contributed by atoms with E-state index in [9.17, 15) is 13.2 Å². The van der Waals surface area contributed by atoms with Crippen LogP contribution in [-0.2, 0) is 10.1 Å². The highest BCUT2D eigenvalue weighted by atomic mass is 32.2. The van der Waals surface area contributed by atoms with Crippen LogP contribution in [0.4, 0.5) is 0 Å². The van der Waals surface area contributed by atoms with Crippen molar-refractivity contribution in [2.75, 3.05) is 0 Å². The molecule has 0 atom stereocenters. The molecule has 0 saturated heterocycles. The fourth-order valence-corrected chi connectivity index (χ4v) is 1.95. The highest BCUT2D eigenvalue weighted by Gasteiger charge is 2.21. The number of hydrogen-bond acceptors (Lipinski definition) is 3. The third-order valence-electron chi connectivity index (χ3n) is 3.07. The molecule has 0 spiro atoms. The van der Waals surface area contributed by atoms with Gasteiger partial charge in [0.2, 0.25) is 0 Å². The van der Waals surface area contributed by atoms with Gasteiger partial charge in [-0.2, -0.15) is 8.42 Å². The van der Waals surface area contributed by atoms with Crippen LogP contribution in [0.3, 0.4) is 0 Å². The summed E-state index contributed by atoms with van der Waals surface area (Å²) in [6.07, 6.45) is 1.30. The van der Waals surface area contributed by atoms with Gasteiger partial charge in [-0.25, -0.2) is 0 Å². The highest BCUT2D eigenvalue weighted by Crippen LogP contribution is 2.26. The fourth-order valence-electron chi connectivity index (χ4n) is 1.47. The molecule has 18 heavy (non-hydrogen) atoms. The van der Waals surface area contributed by atoms with Crippen molar-refractivity contribution in [1.82, 2.24) is 0 Å². The molecule has 0 radical (unpaired) electrons. The van der Waals surface area contributed by atoms with E-state index >= 15 is 0 Å². The van der Waals surface area contributed by atoms with Crippen LogP contribution in [0.2, 0.25) is 0 Å². The summed E-state index contributed by atoms with van der Waals surface area (Å²) < 4.78 is 30.5. The Morgan fingerprint density at radius 2 is 1.72 bits per heavy atom. The van der Waals surface area contributed by atoms with E-state index in [1.165, 1.54) is 24.3 Å². The van der Waals surface area contributed by atoms with Crippen molar-refractivity contribution in [1.29, 1.82) is 0 Å². The lowest BCUT2D eigenvalue weighted by molar-refractivity contribution is 0.0928. The van der Waals surface area contributed by atoms with Crippen LogP contribution in [-0.4, -0.2) is 18.8 Å². The molecule has 0 amide bonds. The maximum Gasteiger partial charge on any atom is 0.294 e. The predicted molar refractivity (Wildman–Crippen MR) is 69.3 cm³/mol. The summed E-state index contributed by atoms with van der Waals surface area (Å²) in [7, 11) is -4.20. The Labute approximate surface area is 108 Å². The summed E-state index contributed by atoms with van der Waals surface area (Å²) in [5.74, 6) is -0.0243. The Hall–Kier alpha value is -1.20. The lowest BCUT2D eigenvalue weighted by atomic mass is 9.83. The average molecular weight is 270 g/mol. The Morgan fingerprint density at radius 1 is 1.22 bits per heavy atom. The van der Waals surface area contributed by atoms with Crippen LogP contribution in [0, 0.1) is 5.41 Å². The summed E-state index contributed by atoms with van der Waals surface area (Å²) >= 11 is 0. The monoisotopic (exact) mass is 270 g/mol. The number of benzene rings is 1. The van der Waals surface area contributed by atoms with Crippen LogP contribution in [0.25, 0.3) is 0 Å². The first-order valence-electron chi connectivity index (χ1n) is 5.76. The molecule has 1 rings (SSSR count). The molecule has 0 heterocycles. The molecule has 5 heteroatoms. The third kappa shape index (κ3) is 3.92. The van der Waals surface area contributed by atoms with E-state index < -0.39 is 10.1 Å². The summed E-state index contributed by atoms with van der Waals surface area (Å²) in [5.41, 5.74) is 0.391. The van der Waals surface area contributed by atoms with Gasteiger partial charge in [-0.1, -0.05) is 39.3 Å². The van der Waals surface area contributed by atoms with Crippen molar-refractivity contribution in [3.63, 3.8) is 0 Å².